The van der Waals surface area contributed by atoms with Gasteiger partial charge in [-0.2, -0.15) is 0 Å². The SMILES string of the molecule is COCCC(NC(=O)[C@H](C)c1ccccc1)C(=O)O. The molecule has 0 saturated heterocycles. The summed E-state index contributed by atoms with van der Waals surface area (Å²) in [5.74, 6) is -1.73. The van der Waals surface area contributed by atoms with Gasteiger partial charge in [-0.3, -0.25) is 4.79 Å². The molecule has 19 heavy (non-hydrogen) atoms. The van der Waals surface area contributed by atoms with E-state index in [9.17, 15) is 9.59 Å². The number of aliphatic carboxylic acids is 1. The Kier molecular flexibility index (Phi) is 6.02. The summed E-state index contributed by atoms with van der Waals surface area (Å²) in [6.45, 7) is 2.04. The van der Waals surface area contributed by atoms with Crippen LogP contribution in [0.2, 0.25) is 0 Å². The van der Waals surface area contributed by atoms with Crippen LogP contribution >= 0.6 is 0 Å². The lowest BCUT2D eigenvalue weighted by molar-refractivity contribution is -0.142. The summed E-state index contributed by atoms with van der Waals surface area (Å²) < 4.78 is 4.83. The van der Waals surface area contributed by atoms with Gasteiger partial charge in [-0.1, -0.05) is 30.3 Å². The maximum Gasteiger partial charge on any atom is 0.326 e. The molecule has 2 N–H and O–H groups in total. The van der Waals surface area contributed by atoms with Crippen molar-refractivity contribution in [3.63, 3.8) is 0 Å². The minimum atomic E-state index is -1.05. The number of amides is 1. The van der Waals surface area contributed by atoms with Crippen molar-refractivity contribution in [1.82, 2.24) is 5.32 Å². The average Bonchev–Trinajstić information content (AvgIpc) is 2.43. The highest BCUT2D eigenvalue weighted by molar-refractivity contribution is 5.87. The zero-order chi connectivity index (χ0) is 14.3. The van der Waals surface area contributed by atoms with Gasteiger partial charge in [0.1, 0.15) is 6.04 Å². The lowest BCUT2D eigenvalue weighted by Crippen LogP contribution is -2.43. The highest BCUT2D eigenvalue weighted by Gasteiger charge is 2.23. The molecule has 0 spiro atoms. The highest BCUT2D eigenvalue weighted by atomic mass is 16.5. The largest absolute Gasteiger partial charge is 0.480 e. The first-order chi connectivity index (χ1) is 9.06. The minimum absolute atomic E-state index is 0.249. The summed E-state index contributed by atoms with van der Waals surface area (Å²) in [6, 6.07) is 8.33. The van der Waals surface area contributed by atoms with E-state index >= 15 is 0 Å². The molecule has 5 nitrogen and oxygen atoms in total. The molecule has 0 fully saturated rings. The molecule has 1 aromatic rings. The summed E-state index contributed by atoms with van der Waals surface area (Å²) in [7, 11) is 1.49. The number of carbonyl (C=O) groups is 2. The normalized spacial score (nSPS) is 13.6. The Labute approximate surface area is 112 Å². The van der Waals surface area contributed by atoms with Crippen molar-refractivity contribution in [2.45, 2.75) is 25.3 Å². The van der Waals surface area contributed by atoms with Crippen molar-refractivity contribution in [3.05, 3.63) is 35.9 Å². The maximum absolute atomic E-state index is 12.0. The lowest BCUT2D eigenvalue weighted by atomic mass is 10.00. The van der Waals surface area contributed by atoms with E-state index in [1.165, 1.54) is 7.11 Å². The molecule has 0 aliphatic carbocycles. The molecule has 1 unspecified atom stereocenters. The molecule has 1 rings (SSSR count). The Balaban J connectivity index is 2.64. The number of carboxylic acid groups (broad SMARTS) is 1. The molecule has 2 atom stereocenters. The highest BCUT2D eigenvalue weighted by Crippen LogP contribution is 2.14. The van der Waals surface area contributed by atoms with Gasteiger partial charge in [-0.25, -0.2) is 4.79 Å². The molecule has 5 heteroatoms. The van der Waals surface area contributed by atoms with Crippen LogP contribution in [0.4, 0.5) is 0 Å². The molecule has 1 amide bonds. The second-order valence-corrected chi connectivity index (χ2v) is 4.31. The smallest absolute Gasteiger partial charge is 0.326 e. The second-order valence-electron chi connectivity index (χ2n) is 4.31. The molecular weight excluding hydrogens is 246 g/mol. The number of nitrogens with one attached hydrogen (secondary N) is 1. The van der Waals surface area contributed by atoms with Gasteiger partial charge in [-0.15, -0.1) is 0 Å². The number of rotatable bonds is 7. The van der Waals surface area contributed by atoms with Crippen molar-refractivity contribution in [3.8, 4) is 0 Å². The number of hydrogen-bond donors (Lipinski definition) is 2. The van der Waals surface area contributed by atoms with E-state index in [2.05, 4.69) is 5.32 Å². The zero-order valence-corrected chi connectivity index (χ0v) is 11.1. The minimum Gasteiger partial charge on any atom is -0.480 e. The van der Waals surface area contributed by atoms with Crippen LogP contribution in [-0.2, 0) is 14.3 Å². The number of methoxy groups -OCH3 is 1. The van der Waals surface area contributed by atoms with E-state index in [1.54, 1.807) is 6.92 Å². The van der Waals surface area contributed by atoms with Gasteiger partial charge in [0.2, 0.25) is 5.91 Å². The molecule has 0 radical (unpaired) electrons. The van der Waals surface area contributed by atoms with Gasteiger partial charge >= 0.3 is 5.97 Å². The van der Waals surface area contributed by atoms with Crippen LogP contribution in [0.25, 0.3) is 0 Å². The molecule has 1 aromatic carbocycles. The molecule has 0 aliphatic rings. The van der Waals surface area contributed by atoms with E-state index in [0.717, 1.165) is 5.56 Å². The van der Waals surface area contributed by atoms with Gasteiger partial charge in [0.05, 0.1) is 5.92 Å². The Bertz CT molecular complexity index is 419. The monoisotopic (exact) mass is 265 g/mol. The van der Waals surface area contributed by atoms with E-state index in [4.69, 9.17) is 9.84 Å². The van der Waals surface area contributed by atoms with E-state index in [-0.39, 0.29) is 24.9 Å². The maximum atomic E-state index is 12.0. The Morgan fingerprint density at radius 3 is 2.47 bits per heavy atom. The first kappa shape index (κ1) is 15.2. The van der Waals surface area contributed by atoms with E-state index in [0.29, 0.717) is 0 Å². The summed E-state index contributed by atoms with van der Waals surface area (Å²) in [5, 5.41) is 11.6. The van der Waals surface area contributed by atoms with Crippen LogP contribution in [0, 0.1) is 0 Å². The zero-order valence-electron chi connectivity index (χ0n) is 11.1. The summed E-state index contributed by atoms with van der Waals surface area (Å²) >= 11 is 0. The van der Waals surface area contributed by atoms with Crippen LogP contribution in [-0.4, -0.2) is 36.7 Å². The third kappa shape index (κ3) is 4.71. The van der Waals surface area contributed by atoms with E-state index in [1.807, 2.05) is 30.3 Å². The fourth-order valence-corrected chi connectivity index (χ4v) is 1.68. The van der Waals surface area contributed by atoms with Crippen molar-refractivity contribution in [2.24, 2.45) is 0 Å². The first-order valence-corrected chi connectivity index (χ1v) is 6.13. The molecule has 0 aromatic heterocycles. The molecule has 0 saturated carbocycles. The Morgan fingerprint density at radius 2 is 1.95 bits per heavy atom. The van der Waals surface area contributed by atoms with Crippen LogP contribution in [0.1, 0.15) is 24.8 Å². The first-order valence-electron chi connectivity index (χ1n) is 6.13. The van der Waals surface area contributed by atoms with Crippen LogP contribution < -0.4 is 5.32 Å². The quantitative estimate of drug-likeness (QED) is 0.781. The third-order valence-corrected chi connectivity index (χ3v) is 2.92. The fourth-order valence-electron chi connectivity index (χ4n) is 1.68. The van der Waals surface area contributed by atoms with Crippen molar-refractivity contribution >= 4 is 11.9 Å². The topological polar surface area (TPSA) is 75.6 Å². The van der Waals surface area contributed by atoms with Gasteiger partial charge in [0.25, 0.3) is 0 Å². The van der Waals surface area contributed by atoms with Crippen molar-refractivity contribution in [2.75, 3.05) is 13.7 Å². The van der Waals surface area contributed by atoms with E-state index < -0.39 is 12.0 Å². The van der Waals surface area contributed by atoms with Gasteiger partial charge in [0.15, 0.2) is 0 Å². The Morgan fingerprint density at radius 1 is 1.32 bits per heavy atom. The summed E-state index contributed by atoms with van der Waals surface area (Å²) in [6.07, 6.45) is 0.249. The molecule has 0 aliphatic heterocycles. The number of ether oxygens (including phenoxy) is 1. The lowest BCUT2D eigenvalue weighted by Gasteiger charge is -2.17. The van der Waals surface area contributed by atoms with Gasteiger partial charge in [-0.05, 0) is 12.5 Å². The predicted molar refractivity (Wildman–Crippen MR) is 70.9 cm³/mol. The molecule has 0 heterocycles. The second kappa shape index (κ2) is 7.53. The van der Waals surface area contributed by atoms with Crippen LogP contribution in [0.5, 0.6) is 0 Å². The Hall–Kier alpha value is -1.88. The fraction of sp³-hybridized carbons (Fsp3) is 0.429. The number of carbonyl (C=O) groups excluding carboxylic acids is 1. The summed E-state index contributed by atoms with van der Waals surface area (Å²) in [5.41, 5.74) is 0.857. The number of benzene rings is 1. The van der Waals surface area contributed by atoms with Crippen LogP contribution in [0.15, 0.2) is 30.3 Å². The average molecular weight is 265 g/mol. The van der Waals surface area contributed by atoms with Crippen LogP contribution in [0.3, 0.4) is 0 Å². The van der Waals surface area contributed by atoms with Gasteiger partial charge in [0, 0.05) is 20.1 Å². The standard InChI is InChI=1S/C14H19NO4/c1-10(11-6-4-3-5-7-11)13(16)15-12(14(17)18)8-9-19-2/h3-7,10,12H,8-9H2,1-2H3,(H,15,16)(H,17,18)/t10-,12?/m1/s1. The van der Waals surface area contributed by atoms with Gasteiger partial charge < -0.3 is 15.2 Å². The number of hydrogen-bond acceptors (Lipinski definition) is 3. The summed E-state index contributed by atoms with van der Waals surface area (Å²) in [4.78, 5) is 23.0. The molecule has 104 valence electrons. The number of carboxylic acids is 1. The predicted octanol–water partition coefficient (Wildman–Crippen LogP) is 1.40. The third-order valence-electron chi connectivity index (χ3n) is 2.92. The molecular formula is C14H19NO4. The van der Waals surface area contributed by atoms with Crippen molar-refractivity contribution in [1.29, 1.82) is 0 Å². The molecule has 0 bridgehead atoms. The van der Waals surface area contributed by atoms with Crippen molar-refractivity contribution < 1.29 is 19.4 Å².